The highest BCUT2D eigenvalue weighted by molar-refractivity contribution is 7.89. The molecule has 1 atom stereocenters. The van der Waals surface area contributed by atoms with Crippen LogP contribution in [0, 0.1) is 0 Å². The minimum Gasteiger partial charge on any atom is -0.381 e. The number of imidazole rings is 1. The predicted octanol–water partition coefficient (Wildman–Crippen LogP) is 1.93. The van der Waals surface area contributed by atoms with E-state index in [1.165, 1.54) is 11.3 Å². The van der Waals surface area contributed by atoms with Crippen LogP contribution in [0.3, 0.4) is 0 Å². The lowest BCUT2D eigenvalue weighted by Crippen LogP contribution is -2.43. The molecule has 3 heterocycles. The van der Waals surface area contributed by atoms with E-state index in [1.54, 1.807) is 14.9 Å². The fraction of sp³-hybridized carbons (Fsp3) is 0.583. The standard InChI is InChI=1S/C12H18N4O2S2/c1-2-9-5-3-4-6-16(9)20(17,18)11-10(13)14-12-15(11)7-8-19-12/h7-9H,2-6,13H2,1H3. The third-order valence-electron chi connectivity index (χ3n) is 3.84. The Labute approximate surface area is 122 Å². The van der Waals surface area contributed by atoms with Crippen molar-refractivity contribution >= 4 is 32.1 Å². The number of nitrogens with zero attached hydrogens (tertiary/aromatic N) is 3. The van der Waals surface area contributed by atoms with Gasteiger partial charge in [0.1, 0.15) is 0 Å². The largest absolute Gasteiger partial charge is 0.381 e. The van der Waals surface area contributed by atoms with E-state index in [0.29, 0.717) is 11.5 Å². The molecule has 110 valence electrons. The molecule has 6 nitrogen and oxygen atoms in total. The van der Waals surface area contributed by atoms with E-state index in [2.05, 4.69) is 4.98 Å². The highest BCUT2D eigenvalue weighted by atomic mass is 32.2. The average Bonchev–Trinajstić information content (AvgIpc) is 2.97. The Morgan fingerprint density at radius 3 is 3.05 bits per heavy atom. The van der Waals surface area contributed by atoms with Crippen molar-refractivity contribution in [3.63, 3.8) is 0 Å². The summed E-state index contributed by atoms with van der Waals surface area (Å²) in [6, 6.07) is 0.0670. The molecule has 0 aromatic carbocycles. The summed E-state index contributed by atoms with van der Waals surface area (Å²) in [6.45, 7) is 2.59. The zero-order valence-electron chi connectivity index (χ0n) is 11.3. The van der Waals surface area contributed by atoms with Crippen LogP contribution in [0.4, 0.5) is 5.82 Å². The number of thiazole rings is 1. The molecular formula is C12H18N4O2S2. The summed E-state index contributed by atoms with van der Waals surface area (Å²) in [7, 11) is -3.59. The quantitative estimate of drug-likeness (QED) is 0.938. The number of fused-ring (bicyclic) bond motifs is 1. The number of anilines is 1. The Morgan fingerprint density at radius 1 is 1.50 bits per heavy atom. The first-order chi connectivity index (χ1) is 9.55. The van der Waals surface area contributed by atoms with Crippen LogP contribution >= 0.6 is 11.3 Å². The number of nitrogen functional groups attached to an aromatic ring is 1. The Hall–Kier alpha value is -1.12. The molecule has 1 unspecified atom stereocenters. The lowest BCUT2D eigenvalue weighted by Gasteiger charge is -2.33. The van der Waals surface area contributed by atoms with E-state index in [-0.39, 0.29) is 16.9 Å². The van der Waals surface area contributed by atoms with Gasteiger partial charge in [0.15, 0.2) is 15.8 Å². The fourth-order valence-corrected chi connectivity index (χ4v) is 5.57. The first-order valence-electron chi connectivity index (χ1n) is 6.78. The summed E-state index contributed by atoms with van der Waals surface area (Å²) < 4.78 is 29.1. The third-order valence-corrected chi connectivity index (χ3v) is 6.59. The van der Waals surface area contributed by atoms with Gasteiger partial charge in [-0.2, -0.15) is 4.31 Å². The summed E-state index contributed by atoms with van der Waals surface area (Å²) in [4.78, 5) is 4.76. The van der Waals surface area contributed by atoms with Crippen LogP contribution < -0.4 is 5.73 Å². The van der Waals surface area contributed by atoms with Gasteiger partial charge in [-0.05, 0) is 19.3 Å². The molecule has 20 heavy (non-hydrogen) atoms. The van der Waals surface area contributed by atoms with E-state index >= 15 is 0 Å². The number of rotatable bonds is 3. The number of sulfonamides is 1. The van der Waals surface area contributed by atoms with Gasteiger partial charge in [-0.15, -0.1) is 11.3 Å². The molecule has 0 spiro atoms. The Bertz CT molecular complexity index is 719. The minimum atomic E-state index is -3.59. The molecule has 2 N–H and O–H groups in total. The molecule has 1 fully saturated rings. The lowest BCUT2D eigenvalue weighted by atomic mass is 10.0. The van der Waals surface area contributed by atoms with E-state index in [0.717, 1.165) is 25.7 Å². The van der Waals surface area contributed by atoms with Crippen molar-refractivity contribution < 1.29 is 8.42 Å². The second-order valence-corrected chi connectivity index (χ2v) is 7.71. The summed E-state index contributed by atoms with van der Waals surface area (Å²) in [6.07, 6.45) is 5.44. The SMILES string of the molecule is CCC1CCCCN1S(=O)(=O)c1c(N)nc2sccn12. The Morgan fingerprint density at radius 2 is 2.30 bits per heavy atom. The number of hydrogen-bond acceptors (Lipinski definition) is 5. The fourth-order valence-electron chi connectivity index (χ4n) is 2.85. The highest BCUT2D eigenvalue weighted by Crippen LogP contribution is 2.31. The van der Waals surface area contributed by atoms with Gasteiger partial charge in [-0.1, -0.05) is 13.3 Å². The molecule has 1 aliphatic heterocycles. The number of aromatic nitrogens is 2. The molecule has 0 aliphatic carbocycles. The van der Waals surface area contributed by atoms with Gasteiger partial charge < -0.3 is 5.73 Å². The second kappa shape index (κ2) is 5.01. The van der Waals surface area contributed by atoms with Gasteiger partial charge in [0.2, 0.25) is 0 Å². The number of nitrogens with two attached hydrogens (primary N) is 1. The van der Waals surface area contributed by atoms with Crippen molar-refractivity contribution in [1.82, 2.24) is 13.7 Å². The molecule has 3 rings (SSSR count). The Balaban J connectivity index is 2.11. The van der Waals surface area contributed by atoms with E-state index in [9.17, 15) is 8.42 Å². The molecule has 0 amide bonds. The van der Waals surface area contributed by atoms with Gasteiger partial charge in [0, 0.05) is 24.2 Å². The van der Waals surface area contributed by atoms with Gasteiger partial charge in [-0.25, -0.2) is 13.4 Å². The Kier molecular flexibility index (Phi) is 3.47. The highest BCUT2D eigenvalue weighted by Gasteiger charge is 2.36. The predicted molar refractivity (Wildman–Crippen MR) is 79.3 cm³/mol. The van der Waals surface area contributed by atoms with E-state index in [4.69, 9.17) is 5.73 Å². The molecule has 0 bridgehead atoms. The summed E-state index contributed by atoms with van der Waals surface area (Å²) in [5.41, 5.74) is 5.85. The van der Waals surface area contributed by atoms with E-state index in [1.807, 2.05) is 12.3 Å². The van der Waals surface area contributed by atoms with Gasteiger partial charge in [-0.3, -0.25) is 4.40 Å². The molecule has 1 saturated heterocycles. The van der Waals surface area contributed by atoms with Crippen molar-refractivity contribution in [2.45, 2.75) is 43.7 Å². The zero-order chi connectivity index (χ0) is 14.3. The smallest absolute Gasteiger partial charge is 0.263 e. The second-order valence-electron chi connectivity index (χ2n) is 5.03. The minimum absolute atomic E-state index is 0.0670. The first kappa shape index (κ1) is 13.8. The summed E-state index contributed by atoms with van der Waals surface area (Å²) in [5.74, 6) is 0.0947. The van der Waals surface area contributed by atoms with Crippen molar-refractivity contribution in [3.8, 4) is 0 Å². The van der Waals surface area contributed by atoms with Crippen molar-refractivity contribution in [3.05, 3.63) is 11.6 Å². The van der Waals surface area contributed by atoms with E-state index < -0.39 is 10.0 Å². The lowest BCUT2D eigenvalue weighted by molar-refractivity contribution is 0.246. The molecule has 8 heteroatoms. The molecule has 1 aliphatic rings. The third kappa shape index (κ3) is 2.02. The topological polar surface area (TPSA) is 80.7 Å². The maximum atomic E-state index is 12.9. The maximum absolute atomic E-state index is 12.9. The van der Waals surface area contributed by atoms with Gasteiger partial charge in [0.25, 0.3) is 10.0 Å². The summed E-state index contributed by atoms with van der Waals surface area (Å²) >= 11 is 1.38. The molecular weight excluding hydrogens is 296 g/mol. The van der Waals surface area contributed by atoms with Crippen LogP contribution in [0.25, 0.3) is 4.96 Å². The van der Waals surface area contributed by atoms with Crippen LogP contribution in [0.15, 0.2) is 16.6 Å². The van der Waals surface area contributed by atoms with Crippen molar-refractivity contribution in [2.24, 2.45) is 0 Å². The first-order valence-corrected chi connectivity index (χ1v) is 9.10. The molecule has 2 aromatic rings. The van der Waals surface area contributed by atoms with Crippen molar-refractivity contribution in [2.75, 3.05) is 12.3 Å². The van der Waals surface area contributed by atoms with Crippen LogP contribution in [-0.4, -0.2) is 34.7 Å². The van der Waals surface area contributed by atoms with Crippen molar-refractivity contribution in [1.29, 1.82) is 0 Å². The summed E-state index contributed by atoms with van der Waals surface area (Å²) in [5, 5.41) is 1.93. The van der Waals surface area contributed by atoms with Crippen LogP contribution in [0.2, 0.25) is 0 Å². The van der Waals surface area contributed by atoms with Gasteiger partial charge >= 0.3 is 0 Å². The molecule has 2 aromatic heterocycles. The average molecular weight is 314 g/mol. The van der Waals surface area contributed by atoms with Crippen LogP contribution in [0.5, 0.6) is 0 Å². The monoisotopic (exact) mass is 314 g/mol. The van der Waals surface area contributed by atoms with Crippen LogP contribution in [-0.2, 0) is 10.0 Å². The molecule has 0 radical (unpaired) electrons. The normalized spacial score (nSPS) is 21.6. The number of hydrogen-bond donors (Lipinski definition) is 1. The van der Waals surface area contributed by atoms with Gasteiger partial charge in [0.05, 0.1) is 0 Å². The number of piperidine rings is 1. The molecule has 0 saturated carbocycles. The maximum Gasteiger partial charge on any atom is 0.263 e. The zero-order valence-corrected chi connectivity index (χ0v) is 13.0. The van der Waals surface area contributed by atoms with Crippen LogP contribution in [0.1, 0.15) is 32.6 Å².